The van der Waals surface area contributed by atoms with E-state index in [2.05, 4.69) is 61.6 Å². The van der Waals surface area contributed by atoms with Gasteiger partial charge in [-0.15, -0.1) is 0 Å². The first-order valence-electron chi connectivity index (χ1n) is 5.12. The molecule has 5 heteroatoms. The third kappa shape index (κ3) is 6.61. The van der Waals surface area contributed by atoms with Crippen molar-refractivity contribution in [2.75, 3.05) is 6.61 Å². The molecule has 0 aliphatic rings. The average molecular weight is 313 g/mol. The van der Waals surface area contributed by atoms with Gasteiger partial charge in [0.2, 0.25) is 0 Å². The third-order valence-electron chi connectivity index (χ3n) is 2.73. The summed E-state index contributed by atoms with van der Waals surface area (Å²) in [6.07, 6.45) is -0.478. The molecular formula is C11H19BrF2OSi. The second-order valence-electron chi connectivity index (χ2n) is 5.19. The number of alkyl halides is 3. The molecule has 0 N–H and O–H groups in total. The van der Waals surface area contributed by atoms with Crippen molar-refractivity contribution in [1.29, 1.82) is 0 Å². The molecular weight excluding hydrogens is 294 g/mol. The van der Waals surface area contributed by atoms with E-state index >= 15 is 0 Å². The fourth-order valence-corrected chi connectivity index (χ4v) is 1.65. The van der Waals surface area contributed by atoms with Crippen molar-refractivity contribution >= 4 is 24.2 Å². The van der Waals surface area contributed by atoms with Crippen LogP contribution in [0.2, 0.25) is 18.1 Å². The summed E-state index contributed by atoms with van der Waals surface area (Å²) in [5.74, 6) is 5.02. The highest BCUT2D eigenvalue weighted by Gasteiger charge is 2.36. The Hall–Kier alpha value is 0.0769. The quantitative estimate of drug-likeness (QED) is 0.426. The van der Waals surface area contributed by atoms with Gasteiger partial charge >= 0.3 is 4.83 Å². The summed E-state index contributed by atoms with van der Waals surface area (Å²) >= 11 is 2.23. The van der Waals surface area contributed by atoms with Crippen LogP contribution in [-0.4, -0.2) is 19.8 Å². The minimum atomic E-state index is -2.89. The molecule has 0 aromatic carbocycles. The molecule has 0 heterocycles. The predicted molar refractivity (Wildman–Crippen MR) is 69.4 cm³/mol. The first-order chi connectivity index (χ1) is 6.96. The highest BCUT2D eigenvalue weighted by Crippen LogP contribution is 2.36. The molecule has 0 saturated heterocycles. The first-order valence-corrected chi connectivity index (χ1v) is 8.82. The van der Waals surface area contributed by atoms with Crippen LogP contribution in [-0.2, 0) is 4.43 Å². The van der Waals surface area contributed by atoms with Gasteiger partial charge in [0, 0.05) is 0 Å². The van der Waals surface area contributed by atoms with Gasteiger partial charge in [-0.2, -0.15) is 8.78 Å². The summed E-state index contributed by atoms with van der Waals surface area (Å²) in [6.45, 7) is 10.8. The standard InChI is InChI=1S/C11H19BrF2OSi/c1-10(2,3)16(4,5)15-9-7-6-8-11(12,13)14/h8-9H2,1-5H3. The second-order valence-corrected chi connectivity index (χ2v) is 11.2. The zero-order chi connectivity index (χ0) is 13.0. The Labute approximate surface area is 106 Å². The van der Waals surface area contributed by atoms with Crippen LogP contribution in [0.25, 0.3) is 0 Å². The predicted octanol–water partition coefficient (Wildman–Crippen LogP) is 4.39. The van der Waals surface area contributed by atoms with Gasteiger partial charge < -0.3 is 4.43 Å². The molecule has 16 heavy (non-hydrogen) atoms. The van der Waals surface area contributed by atoms with Crippen LogP contribution in [0.3, 0.4) is 0 Å². The van der Waals surface area contributed by atoms with Crippen molar-refractivity contribution in [3.05, 3.63) is 0 Å². The van der Waals surface area contributed by atoms with E-state index in [1.165, 1.54) is 0 Å². The molecule has 0 unspecified atom stereocenters. The van der Waals surface area contributed by atoms with E-state index in [0.717, 1.165) is 0 Å². The van der Waals surface area contributed by atoms with Crippen molar-refractivity contribution < 1.29 is 13.2 Å². The Bertz CT molecular complexity index is 281. The fourth-order valence-electron chi connectivity index (χ4n) is 0.647. The largest absolute Gasteiger partial charge is 0.406 e. The zero-order valence-corrected chi connectivity index (χ0v) is 13.0. The van der Waals surface area contributed by atoms with Gasteiger partial charge in [0.1, 0.15) is 0 Å². The maximum absolute atomic E-state index is 12.4. The molecule has 94 valence electrons. The topological polar surface area (TPSA) is 9.23 Å². The highest BCUT2D eigenvalue weighted by atomic mass is 79.9. The minimum Gasteiger partial charge on any atom is -0.406 e. The normalized spacial score (nSPS) is 13.2. The Morgan fingerprint density at radius 3 is 2.06 bits per heavy atom. The minimum absolute atomic E-state index is 0.119. The van der Waals surface area contributed by atoms with Crippen molar-refractivity contribution in [2.24, 2.45) is 0 Å². The summed E-state index contributed by atoms with van der Waals surface area (Å²) < 4.78 is 30.4. The molecule has 0 aliphatic heterocycles. The van der Waals surface area contributed by atoms with E-state index in [9.17, 15) is 8.78 Å². The van der Waals surface area contributed by atoms with Crippen molar-refractivity contribution in [1.82, 2.24) is 0 Å². The molecule has 0 bridgehead atoms. The van der Waals surface area contributed by atoms with Gasteiger partial charge in [0.05, 0.1) is 13.0 Å². The molecule has 0 fully saturated rings. The van der Waals surface area contributed by atoms with Gasteiger partial charge in [0.25, 0.3) is 0 Å². The molecule has 0 atom stereocenters. The number of hydrogen-bond acceptors (Lipinski definition) is 1. The third-order valence-corrected chi connectivity index (χ3v) is 7.48. The number of hydrogen-bond donors (Lipinski definition) is 0. The second kappa shape index (κ2) is 5.61. The molecule has 0 rings (SSSR count). The van der Waals surface area contributed by atoms with Crippen LogP contribution >= 0.6 is 15.9 Å². The van der Waals surface area contributed by atoms with E-state index < -0.39 is 19.6 Å². The van der Waals surface area contributed by atoms with Crippen LogP contribution < -0.4 is 0 Å². The lowest BCUT2D eigenvalue weighted by atomic mass is 10.2. The van der Waals surface area contributed by atoms with Gasteiger partial charge in [-0.25, -0.2) is 0 Å². The Morgan fingerprint density at radius 1 is 1.19 bits per heavy atom. The van der Waals surface area contributed by atoms with Crippen molar-refractivity contribution in [3.8, 4) is 11.8 Å². The lowest BCUT2D eigenvalue weighted by Crippen LogP contribution is -2.40. The van der Waals surface area contributed by atoms with Gasteiger partial charge in [0.15, 0.2) is 8.32 Å². The fraction of sp³-hybridized carbons (Fsp3) is 0.818. The molecule has 0 aromatic rings. The van der Waals surface area contributed by atoms with E-state index in [1.54, 1.807) is 0 Å². The maximum Gasteiger partial charge on any atom is 0.312 e. The highest BCUT2D eigenvalue weighted by molar-refractivity contribution is 9.10. The molecule has 0 amide bonds. The maximum atomic E-state index is 12.4. The number of rotatable bonds is 3. The number of halogens is 3. The summed E-state index contributed by atoms with van der Waals surface area (Å²) in [5, 5.41) is 0.119. The zero-order valence-electron chi connectivity index (χ0n) is 10.5. The Kier molecular flexibility index (Phi) is 5.64. The monoisotopic (exact) mass is 312 g/mol. The lowest BCUT2D eigenvalue weighted by Gasteiger charge is -2.35. The Morgan fingerprint density at radius 2 is 1.69 bits per heavy atom. The van der Waals surface area contributed by atoms with E-state index in [1.807, 2.05) is 0 Å². The lowest BCUT2D eigenvalue weighted by molar-refractivity contribution is 0.121. The van der Waals surface area contributed by atoms with E-state index in [0.29, 0.717) is 0 Å². The van der Waals surface area contributed by atoms with E-state index in [4.69, 9.17) is 4.43 Å². The smallest absolute Gasteiger partial charge is 0.312 e. The van der Waals surface area contributed by atoms with Crippen LogP contribution in [0.5, 0.6) is 0 Å². The van der Waals surface area contributed by atoms with Crippen molar-refractivity contribution in [3.63, 3.8) is 0 Å². The molecule has 0 aromatic heterocycles. The molecule has 0 aliphatic carbocycles. The van der Waals surface area contributed by atoms with Crippen LogP contribution in [0.1, 0.15) is 27.2 Å². The first kappa shape index (κ1) is 16.1. The van der Waals surface area contributed by atoms with Crippen molar-refractivity contribution in [2.45, 2.75) is 50.2 Å². The average Bonchev–Trinajstić information content (AvgIpc) is 1.98. The molecule has 1 nitrogen and oxygen atoms in total. The van der Waals surface area contributed by atoms with Crippen LogP contribution in [0.15, 0.2) is 0 Å². The Balaban J connectivity index is 4.09. The SMILES string of the molecule is CC(C)(C)[Si](C)(C)OCC#CCC(F)(F)Br. The summed E-state index contributed by atoms with van der Waals surface area (Å²) in [6, 6.07) is 0. The van der Waals surface area contributed by atoms with Gasteiger partial charge in [-0.1, -0.05) is 32.6 Å². The van der Waals surface area contributed by atoms with Gasteiger partial charge in [-0.3, -0.25) is 0 Å². The molecule has 0 saturated carbocycles. The summed E-state index contributed by atoms with van der Waals surface area (Å²) in [4.78, 5) is -2.89. The van der Waals surface area contributed by atoms with Crippen LogP contribution in [0, 0.1) is 11.8 Å². The molecule has 0 spiro atoms. The van der Waals surface area contributed by atoms with Gasteiger partial charge in [-0.05, 0) is 34.1 Å². The summed E-state index contributed by atoms with van der Waals surface area (Å²) in [7, 11) is -1.80. The molecule has 0 radical (unpaired) electrons. The summed E-state index contributed by atoms with van der Waals surface area (Å²) in [5.41, 5.74) is 0. The van der Waals surface area contributed by atoms with Crippen LogP contribution in [0.4, 0.5) is 8.78 Å². The van der Waals surface area contributed by atoms with E-state index in [-0.39, 0.29) is 11.6 Å².